The van der Waals surface area contributed by atoms with Crippen LogP contribution in [0.5, 0.6) is 0 Å². The maximum Gasteiger partial charge on any atom is 0.236 e. The summed E-state index contributed by atoms with van der Waals surface area (Å²) in [7, 11) is 0. The van der Waals surface area contributed by atoms with Gasteiger partial charge < -0.3 is 4.57 Å². The molecule has 0 saturated heterocycles. The maximum atomic E-state index is 10.9. The summed E-state index contributed by atoms with van der Waals surface area (Å²) in [5, 5.41) is 3.97. The van der Waals surface area contributed by atoms with E-state index in [1.54, 1.807) is 6.21 Å². The van der Waals surface area contributed by atoms with Crippen LogP contribution in [0.25, 0.3) is 5.69 Å². The van der Waals surface area contributed by atoms with Gasteiger partial charge in [0.2, 0.25) is 5.91 Å². The summed E-state index contributed by atoms with van der Waals surface area (Å²) in [6.45, 7) is 10.00. The van der Waals surface area contributed by atoms with Gasteiger partial charge in [-0.25, -0.2) is 5.43 Å². The Kier molecular flexibility index (Phi) is 4.81. The molecule has 0 atom stereocenters. The number of nitrogens with zero attached hydrogens (tertiary/aromatic N) is 2. The first kappa shape index (κ1) is 16.0. The predicted molar refractivity (Wildman–Crippen MR) is 90.7 cm³/mol. The molecule has 1 amide bonds. The number of hydrogen-bond acceptors (Lipinski definition) is 2. The van der Waals surface area contributed by atoms with Crippen LogP contribution in [0.1, 0.15) is 49.2 Å². The first-order chi connectivity index (χ1) is 10.4. The van der Waals surface area contributed by atoms with E-state index in [4.69, 9.17) is 0 Å². The summed E-state index contributed by atoms with van der Waals surface area (Å²) in [5.74, 6) is 0.282. The molecule has 0 radical (unpaired) electrons. The van der Waals surface area contributed by atoms with Crippen LogP contribution in [0.15, 0.2) is 35.4 Å². The van der Waals surface area contributed by atoms with Gasteiger partial charge in [-0.3, -0.25) is 4.79 Å². The summed E-state index contributed by atoms with van der Waals surface area (Å²) in [6.07, 6.45) is 1.69. The summed E-state index contributed by atoms with van der Waals surface area (Å²) < 4.78 is 2.24. The molecule has 0 fully saturated rings. The third-order valence-electron chi connectivity index (χ3n) is 3.70. The molecule has 0 aliphatic rings. The first-order valence-electron chi connectivity index (χ1n) is 7.49. The molecule has 1 N–H and O–H groups in total. The molecular weight excluding hydrogens is 274 g/mol. The zero-order chi connectivity index (χ0) is 16.3. The number of aromatic nitrogens is 1. The van der Waals surface area contributed by atoms with Crippen molar-refractivity contribution in [3.8, 4) is 5.69 Å². The fourth-order valence-corrected chi connectivity index (χ4v) is 2.66. The molecule has 4 nitrogen and oxygen atoms in total. The Morgan fingerprint density at radius 1 is 1.27 bits per heavy atom. The molecule has 22 heavy (non-hydrogen) atoms. The summed E-state index contributed by atoms with van der Waals surface area (Å²) in [4.78, 5) is 10.9. The normalized spacial score (nSPS) is 11.4. The standard InChI is InChI=1S/C18H23N3O/c1-12(2)17-8-6-7-9-18(17)21-13(3)10-16(14(21)4)11-19-20-15(5)22/h6-12H,1-5H3,(H,20,22)/b19-11-. The van der Waals surface area contributed by atoms with Crippen LogP contribution in [-0.2, 0) is 4.79 Å². The molecule has 0 aliphatic carbocycles. The van der Waals surface area contributed by atoms with E-state index >= 15 is 0 Å². The van der Waals surface area contributed by atoms with Crippen LogP contribution in [0.4, 0.5) is 0 Å². The van der Waals surface area contributed by atoms with E-state index in [-0.39, 0.29) is 5.91 Å². The van der Waals surface area contributed by atoms with Crippen LogP contribution in [0.3, 0.4) is 0 Å². The van der Waals surface area contributed by atoms with Crippen molar-refractivity contribution in [2.24, 2.45) is 5.10 Å². The van der Waals surface area contributed by atoms with Crippen molar-refractivity contribution in [3.05, 3.63) is 52.8 Å². The Labute approximate surface area is 131 Å². The zero-order valence-corrected chi connectivity index (χ0v) is 13.8. The molecule has 2 rings (SSSR count). The Bertz CT molecular complexity index is 711. The average molecular weight is 297 g/mol. The number of hydrogen-bond donors (Lipinski definition) is 1. The SMILES string of the molecule is CC(=O)N/N=C\c1cc(C)n(-c2ccccc2C(C)C)c1C. The molecule has 0 unspecified atom stereocenters. The van der Waals surface area contributed by atoms with E-state index in [2.05, 4.69) is 73.1 Å². The van der Waals surface area contributed by atoms with E-state index in [0.717, 1.165) is 17.0 Å². The number of carbonyl (C=O) groups is 1. The monoisotopic (exact) mass is 297 g/mol. The molecule has 1 heterocycles. The smallest absolute Gasteiger partial charge is 0.236 e. The third kappa shape index (κ3) is 3.27. The minimum absolute atomic E-state index is 0.171. The molecule has 0 spiro atoms. The molecule has 0 bridgehead atoms. The number of hydrazone groups is 1. The fourth-order valence-electron chi connectivity index (χ4n) is 2.66. The maximum absolute atomic E-state index is 10.9. The van der Waals surface area contributed by atoms with Crippen LogP contribution in [-0.4, -0.2) is 16.7 Å². The minimum Gasteiger partial charge on any atom is -0.318 e. The predicted octanol–water partition coefficient (Wildman–Crippen LogP) is 3.69. The molecule has 0 saturated carbocycles. The van der Waals surface area contributed by atoms with E-state index in [0.29, 0.717) is 5.92 Å². The number of nitrogens with one attached hydrogen (secondary N) is 1. The van der Waals surface area contributed by atoms with Crippen molar-refractivity contribution in [3.63, 3.8) is 0 Å². The highest BCUT2D eigenvalue weighted by atomic mass is 16.2. The third-order valence-corrected chi connectivity index (χ3v) is 3.70. The summed E-state index contributed by atoms with van der Waals surface area (Å²) >= 11 is 0. The van der Waals surface area contributed by atoms with Gasteiger partial charge in [0.25, 0.3) is 0 Å². The molecule has 1 aromatic carbocycles. The lowest BCUT2D eigenvalue weighted by molar-refractivity contribution is -0.118. The topological polar surface area (TPSA) is 46.4 Å². The van der Waals surface area contributed by atoms with Gasteiger partial charge >= 0.3 is 0 Å². The first-order valence-corrected chi connectivity index (χ1v) is 7.49. The van der Waals surface area contributed by atoms with Gasteiger partial charge in [0.1, 0.15) is 0 Å². The molecular formula is C18H23N3O. The van der Waals surface area contributed by atoms with E-state index in [1.165, 1.54) is 18.2 Å². The highest BCUT2D eigenvalue weighted by molar-refractivity contribution is 5.83. The minimum atomic E-state index is -0.171. The van der Waals surface area contributed by atoms with Crippen LogP contribution >= 0.6 is 0 Å². The number of amides is 1. The Morgan fingerprint density at radius 3 is 2.59 bits per heavy atom. The average Bonchev–Trinajstić information content (AvgIpc) is 2.73. The second-order valence-corrected chi connectivity index (χ2v) is 5.80. The lowest BCUT2D eigenvalue weighted by Gasteiger charge is -2.17. The lowest BCUT2D eigenvalue weighted by atomic mass is 10.0. The van der Waals surface area contributed by atoms with Crippen LogP contribution in [0, 0.1) is 13.8 Å². The van der Waals surface area contributed by atoms with E-state index < -0.39 is 0 Å². The number of para-hydroxylation sites is 1. The number of aryl methyl sites for hydroxylation is 1. The molecule has 0 aliphatic heterocycles. The van der Waals surface area contributed by atoms with Crippen molar-refractivity contribution in [2.45, 2.75) is 40.5 Å². The largest absolute Gasteiger partial charge is 0.318 e. The van der Waals surface area contributed by atoms with Crippen molar-refractivity contribution in [1.82, 2.24) is 9.99 Å². The van der Waals surface area contributed by atoms with Gasteiger partial charge in [-0.1, -0.05) is 32.0 Å². The quantitative estimate of drug-likeness (QED) is 0.679. The summed E-state index contributed by atoms with van der Waals surface area (Å²) in [6, 6.07) is 10.5. The van der Waals surface area contributed by atoms with Gasteiger partial charge in [0.05, 0.1) is 6.21 Å². The Hall–Kier alpha value is -2.36. The molecule has 4 heteroatoms. The van der Waals surface area contributed by atoms with Gasteiger partial charge in [-0.05, 0) is 37.5 Å². The van der Waals surface area contributed by atoms with Crippen LogP contribution in [0.2, 0.25) is 0 Å². The number of rotatable bonds is 4. The van der Waals surface area contributed by atoms with Gasteiger partial charge in [0, 0.05) is 29.6 Å². The highest BCUT2D eigenvalue weighted by Crippen LogP contribution is 2.27. The number of carbonyl (C=O) groups excluding carboxylic acids is 1. The van der Waals surface area contributed by atoms with Crippen molar-refractivity contribution >= 4 is 12.1 Å². The Morgan fingerprint density at radius 2 is 1.95 bits per heavy atom. The lowest BCUT2D eigenvalue weighted by Crippen LogP contribution is -2.12. The van der Waals surface area contributed by atoms with Crippen molar-refractivity contribution in [1.29, 1.82) is 0 Å². The second-order valence-electron chi connectivity index (χ2n) is 5.80. The van der Waals surface area contributed by atoms with Crippen molar-refractivity contribution in [2.75, 3.05) is 0 Å². The summed E-state index contributed by atoms with van der Waals surface area (Å²) in [5.41, 5.74) is 8.22. The zero-order valence-electron chi connectivity index (χ0n) is 13.8. The Balaban J connectivity index is 2.48. The van der Waals surface area contributed by atoms with Gasteiger partial charge in [0.15, 0.2) is 0 Å². The van der Waals surface area contributed by atoms with E-state index in [9.17, 15) is 4.79 Å². The molecule has 2 aromatic rings. The molecule has 1 aromatic heterocycles. The molecule has 116 valence electrons. The van der Waals surface area contributed by atoms with E-state index in [1.807, 2.05) is 0 Å². The number of benzene rings is 1. The van der Waals surface area contributed by atoms with Crippen molar-refractivity contribution < 1.29 is 4.79 Å². The highest BCUT2D eigenvalue weighted by Gasteiger charge is 2.13. The van der Waals surface area contributed by atoms with Gasteiger partial charge in [-0.15, -0.1) is 0 Å². The van der Waals surface area contributed by atoms with Crippen LogP contribution < -0.4 is 5.43 Å². The van der Waals surface area contributed by atoms with Gasteiger partial charge in [-0.2, -0.15) is 5.10 Å². The second kappa shape index (κ2) is 6.60. The fraction of sp³-hybridized carbons (Fsp3) is 0.333.